The van der Waals surface area contributed by atoms with Gasteiger partial charge < -0.3 is 10.2 Å². The second kappa shape index (κ2) is 5.60. The topological polar surface area (TPSA) is 73.9 Å². The summed E-state index contributed by atoms with van der Waals surface area (Å²) in [5, 5.41) is 9.68. The molecule has 6 heteroatoms. The fraction of sp³-hybridized carbons (Fsp3) is 0.700. The quantitative estimate of drug-likeness (QED) is 0.751. The first kappa shape index (κ1) is 12.6. The van der Waals surface area contributed by atoms with E-state index in [-0.39, 0.29) is 17.6 Å². The molecule has 0 aliphatic heterocycles. The van der Waals surface area contributed by atoms with Gasteiger partial charge in [0.2, 0.25) is 5.82 Å². The summed E-state index contributed by atoms with van der Waals surface area (Å²) in [7, 11) is 3.59. The molecule has 90 valence electrons. The Labute approximate surface area is 95.4 Å². The van der Waals surface area contributed by atoms with Gasteiger partial charge in [0.25, 0.3) is 5.91 Å². The van der Waals surface area contributed by atoms with Gasteiger partial charge in [0, 0.05) is 26.1 Å². The Balaban J connectivity index is 2.65. The number of amides is 1. The van der Waals surface area contributed by atoms with Crippen molar-refractivity contribution >= 4 is 5.91 Å². The largest absolute Gasteiger partial charge is 0.338 e. The normalized spacial score (nSPS) is 10.8. The molecule has 1 rings (SSSR count). The van der Waals surface area contributed by atoms with Crippen molar-refractivity contribution in [2.75, 3.05) is 27.2 Å². The number of H-pyrrole nitrogens is 1. The summed E-state index contributed by atoms with van der Waals surface area (Å²) >= 11 is 0. The van der Waals surface area contributed by atoms with Gasteiger partial charge in [0.15, 0.2) is 0 Å². The molecule has 0 saturated heterocycles. The van der Waals surface area contributed by atoms with E-state index >= 15 is 0 Å². The zero-order valence-corrected chi connectivity index (χ0v) is 10.2. The summed E-state index contributed by atoms with van der Waals surface area (Å²) in [6.07, 6.45) is 0. The van der Waals surface area contributed by atoms with Crippen LogP contribution in [-0.4, -0.2) is 53.2 Å². The number of likely N-dealkylation sites (N-methyl/N-ethyl adjacent to an activating group) is 2. The average Bonchev–Trinajstić information content (AvgIpc) is 2.74. The highest BCUT2D eigenvalue weighted by Crippen LogP contribution is 2.08. The third-order valence-corrected chi connectivity index (χ3v) is 2.28. The van der Waals surface area contributed by atoms with Gasteiger partial charge in [-0.3, -0.25) is 9.89 Å². The predicted molar refractivity (Wildman–Crippen MR) is 61.4 cm³/mol. The number of carbonyl (C=O) groups is 1. The van der Waals surface area contributed by atoms with Crippen molar-refractivity contribution in [1.82, 2.24) is 25.4 Å². The summed E-state index contributed by atoms with van der Waals surface area (Å²) in [5.74, 6) is 1.07. The van der Waals surface area contributed by atoms with E-state index in [1.807, 2.05) is 20.9 Å². The van der Waals surface area contributed by atoms with E-state index < -0.39 is 0 Å². The molecule has 1 aromatic rings. The molecule has 2 N–H and O–H groups in total. The van der Waals surface area contributed by atoms with E-state index in [9.17, 15) is 4.79 Å². The van der Waals surface area contributed by atoms with Gasteiger partial charge in [-0.1, -0.05) is 13.8 Å². The van der Waals surface area contributed by atoms with Crippen LogP contribution in [0.1, 0.15) is 36.2 Å². The lowest BCUT2D eigenvalue weighted by Crippen LogP contribution is -2.33. The van der Waals surface area contributed by atoms with Crippen LogP contribution >= 0.6 is 0 Å². The second-order valence-corrected chi connectivity index (χ2v) is 4.03. The molecule has 1 aromatic heterocycles. The van der Waals surface area contributed by atoms with E-state index in [0.29, 0.717) is 6.54 Å². The third kappa shape index (κ3) is 3.03. The first-order valence-electron chi connectivity index (χ1n) is 5.38. The van der Waals surface area contributed by atoms with Gasteiger partial charge in [-0.2, -0.15) is 0 Å². The van der Waals surface area contributed by atoms with E-state index in [2.05, 4.69) is 20.5 Å². The monoisotopic (exact) mass is 225 g/mol. The molecule has 0 aliphatic rings. The number of aromatic amines is 1. The number of carbonyl (C=O) groups excluding carboxylic acids is 1. The molecular formula is C10H19N5O. The Morgan fingerprint density at radius 2 is 2.25 bits per heavy atom. The third-order valence-electron chi connectivity index (χ3n) is 2.28. The molecule has 0 saturated carbocycles. The molecule has 1 amide bonds. The molecule has 0 spiro atoms. The lowest BCUT2D eigenvalue weighted by Gasteiger charge is -2.14. The zero-order chi connectivity index (χ0) is 12.1. The van der Waals surface area contributed by atoms with Gasteiger partial charge in [-0.25, -0.2) is 4.98 Å². The molecule has 0 atom stereocenters. The van der Waals surface area contributed by atoms with Crippen molar-refractivity contribution in [1.29, 1.82) is 0 Å². The van der Waals surface area contributed by atoms with E-state index in [0.717, 1.165) is 12.4 Å². The fourth-order valence-electron chi connectivity index (χ4n) is 1.18. The van der Waals surface area contributed by atoms with E-state index in [1.165, 1.54) is 0 Å². The minimum absolute atomic E-state index is 0.154. The number of nitrogens with zero attached hydrogens (tertiary/aromatic N) is 3. The summed E-state index contributed by atoms with van der Waals surface area (Å²) in [6.45, 7) is 5.39. The number of nitrogens with one attached hydrogen (secondary N) is 2. The molecule has 0 aromatic carbocycles. The van der Waals surface area contributed by atoms with Crippen molar-refractivity contribution in [3.05, 3.63) is 11.6 Å². The Morgan fingerprint density at radius 3 is 2.75 bits per heavy atom. The van der Waals surface area contributed by atoms with Crippen LogP contribution in [-0.2, 0) is 0 Å². The van der Waals surface area contributed by atoms with Crippen LogP contribution in [0.3, 0.4) is 0 Å². The van der Waals surface area contributed by atoms with Crippen LogP contribution < -0.4 is 5.32 Å². The minimum atomic E-state index is -0.154. The highest BCUT2D eigenvalue weighted by atomic mass is 16.2. The molecule has 0 radical (unpaired) electrons. The first-order chi connectivity index (χ1) is 7.56. The van der Waals surface area contributed by atoms with Gasteiger partial charge in [0.1, 0.15) is 5.82 Å². The van der Waals surface area contributed by atoms with Crippen LogP contribution in [0.4, 0.5) is 0 Å². The van der Waals surface area contributed by atoms with Crippen LogP contribution in [0.2, 0.25) is 0 Å². The van der Waals surface area contributed by atoms with Gasteiger partial charge in [0.05, 0.1) is 0 Å². The number of hydrogen-bond donors (Lipinski definition) is 2. The highest BCUT2D eigenvalue weighted by molar-refractivity contribution is 5.90. The summed E-state index contributed by atoms with van der Waals surface area (Å²) in [6, 6.07) is 0. The van der Waals surface area contributed by atoms with Crippen LogP contribution in [0.15, 0.2) is 0 Å². The molecule has 0 aliphatic carbocycles. The average molecular weight is 225 g/mol. The number of hydrogen-bond acceptors (Lipinski definition) is 4. The van der Waals surface area contributed by atoms with Crippen molar-refractivity contribution in [2.24, 2.45) is 0 Å². The van der Waals surface area contributed by atoms with Crippen molar-refractivity contribution in [3.8, 4) is 0 Å². The minimum Gasteiger partial charge on any atom is -0.338 e. The lowest BCUT2D eigenvalue weighted by molar-refractivity contribution is 0.0785. The van der Waals surface area contributed by atoms with Crippen LogP contribution in [0, 0.1) is 0 Å². The standard InChI is InChI=1S/C10H19N5O/c1-7(2)8-12-9(14-13-8)10(16)15(4)6-5-11-3/h7,11H,5-6H2,1-4H3,(H,12,13,14). The SMILES string of the molecule is CNCCN(C)C(=O)c1n[nH]c(C(C)C)n1. The first-order valence-corrected chi connectivity index (χ1v) is 5.38. The van der Waals surface area contributed by atoms with Crippen molar-refractivity contribution < 1.29 is 4.79 Å². The smallest absolute Gasteiger partial charge is 0.293 e. The molecule has 0 fully saturated rings. The second-order valence-electron chi connectivity index (χ2n) is 4.03. The maximum atomic E-state index is 11.8. The number of rotatable bonds is 5. The van der Waals surface area contributed by atoms with Gasteiger partial charge >= 0.3 is 0 Å². The maximum Gasteiger partial charge on any atom is 0.293 e. The molecule has 6 nitrogen and oxygen atoms in total. The molecule has 0 unspecified atom stereocenters. The molecule has 0 bridgehead atoms. The summed E-state index contributed by atoms with van der Waals surface area (Å²) in [5.41, 5.74) is 0. The van der Waals surface area contributed by atoms with Crippen LogP contribution in [0.5, 0.6) is 0 Å². The predicted octanol–water partition coefficient (Wildman–Crippen LogP) is 0.220. The summed E-state index contributed by atoms with van der Waals surface area (Å²) in [4.78, 5) is 17.6. The zero-order valence-electron chi connectivity index (χ0n) is 10.2. The maximum absolute atomic E-state index is 11.8. The van der Waals surface area contributed by atoms with Gasteiger partial charge in [-0.05, 0) is 7.05 Å². The molecular weight excluding hydrogens is 206 g/mol. The fourth-order valence-corrected chi connectivity index (χ4v) is 1.18. The Morgan fingerprint density at radius 1 is 1.56 bits per heavy atom. The van der Waals surface area contributed by atoms with E-state index in [1.54, 1.807) is 11.9 Å². The summed E-state index contributed by atoms with van der Waals surface area (Å²) < 4.78 is 0. The Bertz CT molecular complexity index is 347. The van der Waals surface area contributed by atoms with Gasteiger partial charge in [-0.15, -0.1) is 5.10 Å². The van der Waals surface area contributed by atoms with Crippen LogP contribution in [0.25, 0.3) is 0 Å². The van der Waals surface area contributed by atoms with Crippen molar-refractivity contribution in [3.63, 3.8) is 0 Å². The lowest BCUT2D eigenvalue weighted by atomic mass is 10.2. The van der Waals surface area contributed by atoms with Crippen molar-refractivity contribution in [2.45, 2.75) is 19.8 Å². The highest BCUT2D eigenvalue weighted by Gasteiger charge is 2.17. The Hall–Kier alpha value is -1.43. The molecule has 16 heavy (non-hydrogen) atoms. The molecule has 1 heterocycles. The number of aromatic nitrogens is 3. The van der Waals surface area contributed by atoms with E-state index in [4.69, 9.17) is 0 Å². The Kier molecular flexibility index (Phi) is 4.42.